The SMILES string of the molecule is CCCCCOc1ccc(/C=C2\SC(=S)N([C@@H](C)C(=O)[O-])C2=O)cc1OC. The number of amides is 1. The minimum Gasteiger partial charge on any atom is -0.548 e. The van der Waals surface area contributed by atoms with E-state index in [4.69, 9.17) is 21.7 Å². The molecule has 0 radical (unpaired) electrons. The van der Waals surface area contributed by atoms with Gasteiger partial charge in [-0.25, -0.2) is 0 Å². The van der Waals surface area contributed by atoms with E-state index >= 15 is 0 Å². The van der Waals surface area contributed by atoms with Gasteiger partial charge in [-0.15, -0.1) is 0 Å². The van der Waals surface area contributed by atoms with E-state index in [0.29, 0.717) is 23.0 Å². The van der Waals surface area contributed by atoms with Crippen molar-refractivity contribution >= 4 is 46.3 Å². The van der Waals surface area contributed by atoms with Crippen molar-refractivity contribution < 1.29 is 24.2 Å². The van der Waals surface area contributed by atoms with E-state index in [0.717, 1.165) is 41.5 Å². The largest absolute Gasteiger partial charge is 0.548 e. The Morgan fingerprint density at radius 1 is 1.37 bits per heavy atom. The molecule has 1 aliphatic rings. The molecule has 1 atom stereocenters. The molecule has 1 fully saturated rings. The highest BCUT2D eigenvalue weighted by atomic mass is 32.2. The van der Waals surface area contributed by atoms with E-state index in [1.165, 1.54) is 6.92 Å². The van der Waals surface area contributed by atoms with Crippen LogP contribution in [-0.2, 0) is 9.59 Å². The number of thioether (sulfide) groups is 1. The van der Waals surface area contributed by atoms with Crippen molar-refractivity contribution in [2.24, 2.45) is 0 Å². The molecule has 6 nitrogen and oxygen atoms in total. The van der Waals surface area contributed by atoms with E-state index in [1.54, 1.807) is 25.3 Å². The van der Waals surface area contributed by atoms with Crippen LogP contribution in [0.4, 0.5) is 0 Å². The van der Waals surface area contributed by atoms with Crippen LogP contribution in [-0.4, -0.2) is 40.9 Å². The van der Waals surface area contributed by atoms with Crippen LogP contribution >= 0.6 is 24.0 Å². The number of carbonyl (C=O) groups is 2. The van der Waals surface area contributed by atoms with Gasteiger partial charge in [-0.3, -0.25) is 9.69 Å². The molecule has 8 heteroatoms. The summed E-state index contributed by atoms with van der Waals surface area (Å²) in [7, 11) is 1.55. The Morgan fingerprint density at radius 3 is 2.74 bits per heavy atom. The molecule has 1 heterocycles. The first kappa shape index (κ1) is 21.2. The summed E-state index contributed by atoms with van der Waals surface area (Å²) in [4.78, 5) is 25.0. The monoisotopic (exact) mass is 408 g/mol. The molecule has 1 saturated heterocycles. The summed E-state index contributed by atoms with van der Waals surface area (Å²) < 4.78 is 11.3. The molecule has 27 heavy (non-hydrogen) atoms. The van der Waals surface area contributed by atoms with Gasteiger partial charge in [0.1, 0.15) is 4.32 Å². The molecular weight excluding hydrogens is 386 g/mol. The fourth-order valence-electron chi connectivity index (χ4n) is 2.50. The lowest BCUT2D eigenvalue weighted by Crippen LogP contribution is -2.48. The number of hydrogen-bond acceptors (Lipinski definition) is 7. The Hall–Kier alpha value is -2.06. The second-order valence-corrected chi connectivity index (χ2v) is 7.69. The number of benzene rings is 1. The molecule has 0 spiro atoms. The van der Waals surface area contributed by atoms with E-state index in [-0.39, 0.29) is 4.32 Å². The van der Waals surface area contributed by atoms with Crippen molar-refractivity contribution in [1.82, 2.24) is 4.90 Å². The number of hydrogen-bond donors (Lipinski definition) is 0. The third-order valence-corrected chi connectivity index (χ3v) is 5.37. The molecule has 0 aliphatic carbocycles. The average molecular weight is 409 g/mol. The lowest BCUT2D eigenvalue weighted by molar-refractivity contribution is -0.309. The van der Waals surface area contributed by atoms with Crippen molar-refractivity contribution in [3.05, 3.63) is 28.7 Å². The summed E-state index contributed by atoms with van der Waals surface area (Å²) in [6.07, 6.45) is 4.85. The lowest BCUT2D eigenvalue weighted by Gasteiger charge is -2.23. The molecule has 0 bridgehead atoms. The van der Waals surface area contributed by atoms with Gasteiger partial charge < -0.3 is 19.4 Å². The van der Waals surface area contributed by atoms with Crippen LogP contribution in [0.3, 0.4) is 0 Å². The highest BCUT2D eigenvalue weighted by Gasteiger charge is 2.35. The van der Waals surface area contributed by atoms with Crippen LogP contribution in [0.1, 0.15) is 38.7 Å². The number of aliphatic carboxylic acids is 1. The van der Waals surface area contributed by atoms with Gasteiger partial charge in [0.15, 0.2) is 11.5 Å². The number of methoxy groups -OCH3 is 1. The molecule has 1 aromatic rings. The summed E-state index contributed by atoms with van der Waals surface area (Å²) >= 11 is 6.20. The van der Waals surface area contributed by atoms with Gasteiger partial charge in [-0.05, 0) is 37.1 Å². The minimum absolute atomic E-state index is 0.200. The first-order valence-corrected chi connectivity index (χ1v) is 9.90. The van der Waals surface area contributed by atoms with Crippen molar-refractivity contribution in [1.29, 1.82) is 0 Å². The summed E-state index contributed by atoms with van der Waals surface area (Å²) in [5.41, 5.74) is 0.731. The number of carboxylic acid groups (broad SMARTS) is 1. The van der Waals surface area contributed by atoms with E-state index in [2.05, 4.69) is 6.92 Å². The number of rotatable bonds is 9. The van der Waals surface area contributed by atoms with E-state index in [9.17, 15) is 14.7 Å². The number of unbranched alkanes of at least 4 members (excludes halogenated alkanes) is 2. The molecule has 2 rings (SSSR count). The number of ether oxygens (including phenoxy) is 2. The molecule has 0 N–H and O–H groups in total. The van der Waals surface area contributed by atoms with Gasteiger partial charge in [0.2, 0.25) is 0 Å². The molecule has 146 valence electrons. The molecule has 0 unspecified atom stereocenters. The molecule has 1 aliphatic heterocycles. The van der Waals surface area contributed by atoms with Gasteiger partial charge in [0.25, 0.3) is 5.91 Å². The van der Waals surface area contributed by atoms with Crippen LogP contribution in [0, 0.1) is 0 Å². The number of carboxylic acids is 1. The highest BCUT2D eigenvalue weighted by molar-refractivity contribution is 8.26. The normalized spacial score (nSPS) is 16.7. The Kier molecular flexibility index (Phi) is 7.67. The quantitative estimate of drug-likeness (QED) is 0.353. The van der Waals surface area contributed by atoms with Crippen LogP contribution in [0.5, 0.6) is 11.5 Å². The fraction of sp³-hybridized carbons (Fsp3) is 0.421. The fourth-order valence-corrected chi connectivity index (χ4v) is 3.92. The summed E-state index contributed by atoms with van der Waals surface area (Å²) in [5, 5.41) is 11.1. The van der Waals surface area contributed by atoms with Crippen LogP contribution in [0.2, 0.25) is 0 Å². The van der Waals surface area contributed by atoms with Crippen molar-refractivity contribution in [2.45, 2.75) is 39.2 Å². The zero-order valence-electron chi connectivity index (χ0n) is 15.5. The summed E-state index contributed by atoms with van der Waals surface area (Å²) in [6, 6.07) is 4.26. The van der Waals surface area contributed by atoms with Gasteiger partial charge in [-0.1, -0.05) is 49.8 Å². The molecule has 0 saturated carbocycles. The summed E-state index contributed by atoms with van der Waals surface area (Å²) in [5.74, 6) is -0.581. The summed E-state index contributed by atoms with van der Waals surface area (Å²) in [6.45, 7) is 4.12. The lowest BCUT2D eigenvalue weighted by atomic mass is 10.1. The number of carbonyl (C=O) groups excluding carboxylic acids is 2. The average Bonchev–Trinajstić information content (AvgIpc) is 2.92. The molecule has 1 amide bonds. The maximum absolute atomic E-state index is 12.5. The van der Waals surface area contributed by atoms with Crippen molar-refractivity contribution in [2.75, 3.05) is 13.7 Å². The van der Waals surface area contributed by atoms with E-state index in [1.807, 2.05) is 6.07 Å². The number of nitrogens with zero attached hydrogens (tertiary/aromatic N) is 1. The Bertz CT molecular complexity index is 762. The predicted molar refractivity (Wildman–Crippen MR) is 107 cm³/mol. The molecular formula is C19H22NO5S2-. The van der Waals surface area contributed by atoms with Gasteiger partial charge in [-0.2, -0.15) is 0 Å². The predicted octanol–water partition coefficient (Wildman–Crippen LogP) is 2.60. The van der Waals surface area contributed by atoms with E-state index < -0.39 is 17.9 Å². The Balaban J connectivity index is 2.17. The third kappa shape index (κ3) is 5.23. The maximum Gasteiger partial charge on any atom is 0.266 e. The molecule has 1 aromatic carbocycles. The first-order chi connectivity index (χ1) is 12.9. The highest BCUT2D eigenvalue weighted by Crippen LogP contribution is 2.35. The topological polar surface area (TPSA) is 78.9 Å². The minimum atomic E-state index is -1.35. The third-order valence-electron chi connectivity index (χ3n) is 4.04. The smallest absolute Gasteiger partial charge is 0.266 e. The molecule has 0 aromatic heterocycles. The Labute approximate surface area is 168 Å². The number of thiocarbonyl (C=S) groups is 1. The van der Waals surface area contributed by atoms with Crippen molar-refractivity contribution in [3.8, 4) is 11.5 Å². The first-order valence-electron chi connectivity index (χ1n) is 8.67. The van der Waals surface area contributed by atoms with Gasteiger partial charge in [0.05, 0.1) is 30.6 Å². The van der Waals surface area contributed by atoms with Crippen LogP contribution in [0.15, 0.2) is 23.1 Å². The second-order valence-electron chi connectivity index (χ2n) is 6.01. The standard InChI is InChI=1S/C19H23NO5S2/c1-4-5-6-9-25-14-8-7-13(10-15(14)24-3)11-16-17(21)20(19(26)27-16)12(2)18(22)23/h7-8,10-12H,4-6,9H2,1-3H3,(H,22,23)/p-1/b16-11-/t12-/m0/s1. The van der Waals surface area contributed by atoms with Gasteiger partial charge >= 0.3 is 0 Å². The second kappa shape index (κ2) is 9.75. The van der Waals surface area contributed by atoms with Gasteiger partial charge in [0, 0.05) is 0 Å². The zero-order chi connectivity index (χ0) is 20.0. The zero-order valence-corrected chi connectivity index (χ0v) is 17.2. The van der Waals surface area contributed by atoms with Crippen LogP contribution in [0.25, 0.3) is 6.08 Å². The van der Waals surface area contributed by atoms with Crippen LogP contribution < -0.4 is 14.6 Å². The Morgan fingerprint density at radius 2 is 2.11 bits per heavy atom. The maximum atomic E-state index is 12.5. The van der Waals surface area contributed by atoms with Crippen molar-refractivity contribution in [3.63, 3.8) is 0 Å².